The highest BCUT2D eigenvalue weighted by molar-refractivity contribution is 6.42. The lowest BCUT2D eigenvalue weighted by Crippen LogP contribution is -2.44. The van der Waals surface area contributed by atoms with Crippen LogP contribution in [0.1, 0.15) is 24.3 Å². The lowest BCUT2D eigenvalue weighted by atomic mass is 9.93. The Labute approximate surface area is 202 Å². The summed E-state index contributed by atoms with van der Waals surface area (Å²) >= 11 is 12.4. The highest BCUT2D eigenvalue weighted by Crippen LogP contribution is 2.35. The van der Waals surface area contributed by atoms with Gasteiger partial charge in [0.25, 0.3) is 0 Å². The predicted molar refractivity (Wildman–Crippen MR) is 123 cm³/mol. The smallest absolute Gasteiger partial charge is 0.410 e. The van der Waals surface area contributed by atoms with E-state index in [4.69, 9.17) is 32.7 Å². The number of ether oxygens (including phenoxy) is 2. The van der Waals surface area contributed by atoms with Crippen molar-refractivity contribution in [3.63, 3.8) is 0 Å². The van der Waals surface area contributed by atoms with E-state index in [1.807, 2.05) is 11.0 Å². The zero-order valence-corrected chi connectivity index (χ0v) is 19.7. The van der Waals surface area contributed by atoms with Gasteiger partial charge in [0.1, 0.15) is 11.6 Å². The first-order chi connectivity index (χ1) is 15.8. The van der Waals surface area contributed by atoms with Gasteiger partial charge in [0.05, 0.1) is 16.1 Å². The minimum Gasteiger partial charge on any atom is -0.410 e. The summed E-state index contributed by atoms with van der Waals surface area (Å²) in [6, 6.07) is 10.3. The summed E-state index contributed by atoms with van der Waals surface area (Å²) in [6.45, 7) is 1.98. The second-order valence-corrected chi connectivity index (χ2v) is 9.22. The normalized spacial score (nSPS) is 21.2. The molecule has 2 amide bonds. The van der Waals surface area contributed by atoms with Crippen LogP contribution in [0.5, 0.6) is 5.75 Å². The molecule has 33 heavy (non-hydrogen) atoms. The Morgan fingerprint density at radius 1 is 1.06 bits per heavy atom. The number of likely N-dealkylation sites (N-methyl/N-ethyl adjacent to an activating group) is 1. The molecule has 176 valence electrons. The summed E-state index contributed by atoms with van der Waals surface area (Å²) in [4.78, 5) is 29.4. The van der Waals surface area contributed by atoms with E-state index in [9.17, 15) is 14.0 Å². The first-order valence-corrected chi connectivity index (χ1v) is 11.6. The summed E-state index contributed by atoms with van der Waals surface area (Å²) in [5.41, 5.74) is 0.887. The molecule has 9 heteroatoms. The van der Waals surface area contributed by atoms with E-state index in [1.165, 1.54) is 29.2 Å². The van der Waals surface area contributed by atoms with Crippen LogP contribution in [0, 0.1) is 11.7 Å². The largest absolute Gasteiger partial charge is 0.415 e. The van der Waals surface area contributed by atoms with Gasteiger partial charge >= 0.3 is 6.09 Å². The van der Waals surface area contributed by atoms with Gasteiger partial charge in [-0.15, -0.1) is 0 Å². The maximum absolute atomic E-state index is 13.2. The van der Waals surface area contributed by atoms with Crippen LogP contribution in [0.2, 0.25) is 10.0 Å². The molecule has 6 nitrogen and oxygen atoms in total. The molecule has 2 fully saturated rings. The van der Waals surface area contributed by atoms with Crippen molar-refractivity contribution < 1.29 is 23.5 Å². The predicted octanol–water partition coefficient (Wildman–Crippen LogP) is 4.98. The van der Waals surface area contributed by atoms with Gasteiger partial charge in [-0.3, -0.25) is 4.79 Å². The molecule has 0 unspecified atom stereocenters. The van der Waals surface area contributed by atoms with Gasteiger partial charge in [0, 0.05) is 45.2 Å². The molecule has 4 rings (SSSR count). The van der Waals surface area contributed by atoms with Crippen molar-refractivity contribution in [1.82, 2.24) is 9.80 Å². The number of likely N-dealkylation sites (tertiary alicyclic amines) is 1. The Kier molecular flexibility index (Phi) is 7.41. The maximum atomic E-state index is 13.2. The summed E-state index contributed by atoms with van der Waals surface area (Å²) in [5.74, 6) is -0.350. The van der Waals surface area contributed by atoms with Crippen LogP contribution >= 0.6 is 23.2 Å². The molecule has 0 spiro atoms. The van der Waals surface area contributed by atoms with Gasteiger partial charge in [-0.05, 0) is 54.8 Å². The van der Waals surface area contributed by atoms with Crippen molar-refractivity contribution in [3.05, 3.63) is 63.9 Å². The van der Waals surface area contributed by atoms with E-state index in [-0.39, 0.29) is 29.5 Å². The molecule has 2 aliphatic heterocycles. The maximum Gasteiger partial charge on any atom is 0.415 e. The fourth-order valence-corrected chi connectivity index (χ4v) is 4.75. The Bertz CT molecular complexity index is 1010. The molecule has 2 heterocycles. The molecule has 0 bridgehead atoms. The number of benzene rings is 2. The standard InChI is InChI=1S/C24H25Cl2FN2O4/c1-28(24(31)33-18-5-3-17(27)4-6-18)22-14-29(23(30)15-8-10-32-11-9-15)13-19(22)16-2-7-20(25)21(26)12-16/h2-7,12,15,19,22H,8-11,13-14H2,1H3/t19-,22+/m1/s1. The third-order valence-corrected chi connectivity index (χ3v) is 7.09. The minimum atomic E-state index is -0.586. The molecule has 0 N–H and O–H groups in total. The van der Waals surface area contributed by atoms with Crippen LogP contribution in [0.15, 0.2) is 42.5 Å². The van der Waals surface area contributed by atoms with Gasteiger partial charge in [0.2, 0.25) is 5.91 Å². The number of nitrogens with zero attached hydrogens (tertiary/aromatic N) is 2. The van der Waals surface area contributed by atoms with Crippen LogP contribution in [0.3, 0.4) is 0 Å². The lowest BCUT2D eigenvalue weighted by Gasteiger charge is -2.29. The summed E-state index contributed by atoms with van der Waals surface area (Å²) in [6.07, 6.45) is 0.803. The Morgan fingerprint density at radius 2 is 1.76 bits per heavy atom. The first-order valence-electron chi connectivity index (χ1n) is 10.8. The van der Waals surface area contributed by atoms with Crippen LogP contribution < -0.4 is 4.74 Å². The fraction of sp³-hybridized carbons (Fsp3) is 0.417. The average Bonchev–Trinajstić information content (AvgIpc) is 3.27. The minimum absolute atomic E-state index is 0.0752. The van der Waals surface area contributed by atoms with E-state index in [0.717, 1.165) is 5.56 Å². The lowest BCUT2D eigenvalue weighted by molar-refractivity contribution is -0.137. The zero-order chi connectivity index (χ0) is 23.5. The molecule has 2 atom stereocenters. The zero-order valence-electron chi connectivity index (χ0n) is 18.2. The molecule has 0 saturated carbocycles. The monoisotopic (exact) mass is 494 g/mol. The van der Waals surface area contributed by atoms with Gasteiger partial charge in [-0.2, -0.15) is 0 Å². The molecule has 0 radical (unpaired) electrons. The SMILES string of the molecule is CN(C(=O)Oc1ccc(F)cc1)[C@H]1CN(C(=O)C2CCOCC2)C[C@@H]1c1ccc(Cl)c(Cl)c1. The molecule has 0 aliphatic carbocycles. The number of amides is 2. The van der Waals surface area contributed by atoms with Crippen LogP contribution in [0.25, 0.3) is 0 Å². The number of hydrogen-bond acceptors (Lipinski definition) is 4. The van der Waals surface area contributed by atoms with E-state index < -0.39 is 11.9 Å². The van der Waals surface area contributed by atoms with Crippen molar-refractivity contribution >= 4 is 35.2 Å². The third kappa shape index (κ3) is 5.42. The highest BCUT2D eigenvalue weighted by atomic mass is 35.5. The molecule has 2 saturated heterocycles. The van der Waals surface area contributed by atoms with Crippen molar-refractivity contribution in [3.8, 4) is 5.75 Å². The van der Waals surface area contributed by atoms with Crippen molar-refractivity contribution in [2.75, 3.05) is 33.4 Å². The van der Waals surface area contributed by atoms with Crippen LogP contribution in [0.4, 0.5) is 9.18 Å². The fourth-order valence-electron chi connectivity index (χ4n) is 4.44. The molecule has 2 aromatic carbocycles. The summed E-state index contributed by atoms with van der Waals surface area (Å²) in [5, 5.41) is 0.854. The number of halogens is 3. The van der Waals surface area contributed by atoms with Crippen LogP contribution in [-0.2, 0) is 9.53 Å². The second kappa shape index (κ2) is 10.3. The average molecular weight is 495 g/mol. The van der Waals surface area contributed by atoms with E-state index in [0.29, 0.717) is 49.2 Å². The van der Waals surface area contributed by atoms with Crippen LogP contribution in [-0.4, -0.2) is 61.2 Å². The van der Waals surface area contributed by atoms with Crippen molar-refractivity contribution in [2.24, 2.45) is 5.92 Å². The summed E-state index contributed by atoms with van der Waals surface area (Å²) < 4.78 is 24.0. The van der Waals surface area contributed by atoms with Crippen molar-refractivity contribution in [2.45, 2.75) is 24.8 Å². The first kappa shape index (κ1) is 23.8. The van der Waals surface area contributed by atoms with Gasteiger partial charge < -0.3 is 19.3 Å². The molecular weight excluding hydrogens is 470 g/mol. The second-order valence-electron chi connectivity index (χ2n) is 8.41. The number of hydrogen-bond donors (Lipinski definition) is 0. The molecule has 0 aromatic heterocycles. The molecule has 2 aromatic rings. The van der Waals surface area contributed by atoms with Gasteiger partial charge in [-0.1, -0.05) is 29.3 Å². The van der Waals surface area contributed by atoms with E-state index >= 15 is 0 Å². The number of rotatable bonds is 4. The van der Waals surface area contributed by atoms with E-state index in [1.54, 1.807) is 19.2 Å². The molecular formula is C24H25Cl2FN2O4. The number of carbonyl (C=O) groups excluding carboxylic acids is 2. The number of carbonyl (C=O) groups is 2. The summed E-state index contributed by atoms with van der Waals surface area (Å²) in [7, 11) is 1.64. The highest BCUT2D eigenvalue weighted by Gasteiger charge is 2.42. The van der Waals surface area contributed by atoms with Gasteiger partial charge in [0.15, 0.2) is 0 Å². The van der Waals surface area contributed by atoms with Gasteiger partial charge in [-0.25, -0.2) is 9.18 Å². The Morgan fingerprint density at radius 3 is 2.42 bits per heavy atom. The Balaban J connectivity index is 1.55. The quantitative estimate of drug-likeness (QED) is 0.600. The third-order valence-electron chi connectivity index (χ3n) is 6.35. The topological polar surface area (TPSA) is 59.1 Å². The molecule has 2 aliphatic rings. The Hall–Kier alpha value is -2.35. The van der Waals surface area contributed by atoms with E-state index in [2.05, 4.69) is 0 Å². The van der Waals surface area contributed by atoms with Crippen molar-refractivity contribution in [1.29, 1.82) is 0 Å².